The van der Waals surface area contributed by atoms with Crippen molar-refractivity contribution in [3.63, 3.8) is 0 Å². The number of allylic oxidation sites excluding steroid dienone is 3. The first-order chi connectivity index (χ1) is 14.7. The van der Waals surface area contributed by atoms with E-state index < -0.39 is 29.3 Å². The lowest BCUT2D eigenvalue weighted by Gasteiger charge is -2.36. The first-order valence-corrected chi connectivity index (χ1v) is 9.34. The molecule has 2 aromatic rings. The van der Waals surface area contributed by atoms with E-state index in [0.29, 0.717) is 29.0 Å². The zero-order valence-corrected chi connectivity index (χ0v) is 16.1. The van der Waals surface area contributed by atoms with Crippen LogP contribution in [0.2, 0.25) is 0 Å². The molecular weight excluding hydrogens is 417 g/mol. The number of hydrogen-bond donors (Lipinski definition) is 2. The summed E-state index contributed by atoms with van der Waals surface area (Å²) in [5, 5.41) is 4.21. The van der Waals surface area contributed by atoms with Crippen LogP contribution in [0.15, 0.2) is 66.1 Å². The van der Waals surface area contributed by atoms with Gasteiger partial charge in [-0.15, -0.1) is 0 Å². The number of hydrazine groups is 1. The first kappa shape index (κ1) is 20.6. The number of hydrogen-bond acceptors (Lipinski definition) is 3. The van der Waals surface area contributed by atoms with Crippen molar-refractivity contribution in [2.24, 2.45) is 0 Å². The molecule has 0 saturated heterocycles. The van der Waals surface area contributed by atoms with E-state index in [-0.39, 0.29) is 11.4 Å². The fraction of sp³-hybridized carbons (Fsp3) is 0.136. The molecule has 0 aliphatic carbocycles. The van der Waals surface area contributed by atoms with Crippen molar-refractivity contribution in [3.8, 4) is 0 Å². The zero-order valence-electron chi connectivity index (χ0n) is 16.1. The average molecular weight is 433 g/mol. The third kappa shape index (κ3) is 3.90. The molecule has 2 aromatic carbocycles. The van der Waals surface area contributed by atoms with Crippen LogP contribution in [0.1, 0.15) is 30.0 Å². The van der Waals surface area contributed by atoms with E-state index in [1.807, 2.05) is 6.92 Å². The molecule has 0 aromatic heterocycles. The van der Waals surface area contributed by atoms with Crippen molar-refractivity contribution in [2.75, 3.05) is 0 Å². The molecule has 4 rings (SSSR count). The third-order valence-electron chi connectivity index (χ3n) is 4.94. The number of benzene rings is 2. The summed E-state index contributed by atoms with van der Waals surface area (Å²) in [6.07, 6.45) is -1.23. The van der Waals surface area contributed by atoms with Gasteiger partial charge < -0.3 is 5.32 Å². The standard InChI is InChI=1S/C22H16F5N3O/c1-2-18-16(15-8-7-14(23)9-17(15)24)10-20-28-19(11-21(31)30(20)29-18)12-3-5-13(6-4-12)22(25,26)27/h3-11,28-29H,2H2,1H3. The van der Waals surface area contributed by atoms with E-state index in [2.05, 4.69) is 10.7 Å². The Labute approximate surface area is 174 Å². The molecule has 9 heteroatoms. The topological polar surface area (TPSA) is 44.4 Å². The van der Waals surface area contributed by atoms with E-state index >= 15 is 0 Å². The lowest BCUT2D eigenvalue weighted by Crippen LogP contribution is -2.49. The van der Waals surface area contributed by atoms with Crippen LogP contribution in [0.3, 0.4) is 0 Å². The molecule has 0 saturated carbocycles. The molecule has 0 unspecified atom stereocenters. The molecule has 1 amide bonds. The van der Waals surface area contributed by atoms with Gasteiger partial charge in [-0.2, -0.15) is 13.2 Å². The summed E-state index contributed by atoms with van der Waals surface area (Å²) >= 11 is 0. The van der Waals surface area contributed by atoms with Crippen molar-refractivity contribution in [3.05, 3.63) is 94.5 Å². The predicted molar refractivity (Wildman–Crippen MR) is 104 cm³/mol. The van der Waals surface area contributed by atoms with Crippen LogP contribution in [-0.2, 0) is 11.0 Å². The Morgan fingerprint density at radius 3 is 2.32 bits per heavy atom. The molecular formula is C22H16F5N3O. The van der Waals surface area contributed by atoms with Gasteiger partial charge in [-0.25, -0.2) is 13.8 Å². The van der Waals surface area contributed by atoms with E-state index in [0.717, 1.165) is 24.3 Å². The van der Waals surface area contributed by atoms with Gasteiger partial charge in [0.2, 0.25) is 0 Å². The Bertz CT molecular complexity index is 1150. The quantitative estimate of drug-likeness (QED) is 0.675. The van der Waals surface area contributed by atoms with Crippen molar-refractivity contribution in [1.82, 2.24) is 15.8 Å². The van der Waals surface area contributed by atoms with Crippen molar-refractivity contribution >= 4 is 17.2 Å². The monoisotopic (exact) mass is 433 g/mol. The second-order valence-electron chi connectivity index (χ2n) is 6.94. The highest BCUT2D eigenvalue weighted by Gasteiger charge is 2.32. The molecule has 0 fully saturated rings. The minimum atomic E-state index is -4.47. The summed E-state index contributed by atoms with van der Waals surface area (Å²) < 4.78 is 66.1. The number of nitrogens with zero attached hydrogens (tertiary/aromatic N) is 1. The molecule has 0 spiro atoms. The highest BCUT2D eigenvalue weighted by molar-refractivity contribution is 5.99. The Morgan fingerprint density at radius 1 is 1.00 bits per heavy atom. The number of alkyl halides is 3. The van der Waals surface area contributed by atoms with Crippen LogP contribution in [0, 0.1) is 11.6 Å². The minimum Gasteiger partial charge on any atom is -0.339 e. The van der Waals surface area contributed by atoms with Crippen LogP contribution in [0.25, 0.3) is 11.3 Å². The van der Waals surface area contributed by atoms with Crippen molar-refractivity contribution in [2.45, 2.75) is 19.5 Å². The summed E-state index contributed by atoms with van der Waals surface area (Å²) in [6.45, 7) is 1.81. The summed E-state index contributed by atoms with van der Waals surface area (Å²) in [5.74, 6) is -1.66. The fourth-order valence-corrected chi connectivity index (χ4v) is 3.38. The van der Waals surface area contributed by atoms with Gasteiger partial charge in [0.05, 0.1) is 11.3 Å². The highest BCUT2D eigenvalue weighted by atomic mass is 19.4. The number of fused-ring (bicyclic) bond motifs is 1. The molecule has 31 heavy (non-hydrogen) atoms. The number of rotatable bonds is 3. The second-order valence-corrected chi connectivity index (χ2v) is 6.94. The molecule has 2 aliphatic heterocycles. The summed E-state index contributed by atoms with van der Waals surface area (Å²) in [5.41, 5.74) is 3.93. The van der Waals surface area contributed by atoms with Gasteiger partial charge in [-0.3, -0.25) is 10.2 Å². The Morgan fingerprint density at radius 2 is 1.71 bits per heavy atom. The SMILES string of the molecule is CCC1=C(c2ccc(F)cc2F)C=C2NC(c3ccc(C(F)(F)F)cc3)=CC(=O)N2N1. The molecule has 0 radical (unpaired) electrons. The van der Waals surface area contributed by atoms with Crippen LogP contribution in [0.4, 0.5) is 22.0 Å². The highest BCUT2D eigenvalue weighted by Crippen LogP contribution is 2.33. The maximum Gasteiger partial charge on any atom is 0.416 e. The van der Waals surface area contributed by atoms with E-state index in [1.54, 1.807) is 6.08 Å². The molecule has 4 nitrogen and oxygen atoms in total. The van der Waals surface area contributed by atoms with Gasteiger partial charge in [-0.1, -0.05) is 19.1 Å². The summed E-state index contributed by atoms with van der Waals surface area (Å²) in [6, 6.07) is 7.59. The van der Waals surface area contributed by atoms with Gasteiger partial charge >= 0.3 is 6.18 Å². The van der Waals surface area contributed by atoms with Crippen LogP contribution >= 0.6 is 0 Å². The molecule has 2 heterocycles. The molecule has 2 N–H and O–H groups in total. The molecule has 160 valence electrons. The fourth-order valence-electron chi connectivity index (χ4n) is 3.38. The Hall–Kier alpha value is -3.62. The summed E-state index contributed by atoms with van der Waals surface area (Å²) in [7, 11) is 0. The smallest absolute Gasteiger partial charge is 0.339 e. The van der Waals surface area contributed by atoms with Crippen molar-refractivity contribution < 1.29 is 26.7 Å². The largest absolute Gasteiger partial charge is 0.416 e. The molecule has 0 atom stereocenters. The molecule has 0 bridgehead atoms. The normalized spacial score (nSPS) is 16.3. The number of amides is 1. The van der Waals surface area contributed by atoms with E-state index in [4.69, 9.17) is 0 Å². The van der Waals surface area contributed by atoms with Crippen LogP contribution in [-0.4, -0.2) is 10.9 Å². The zero-order chi connectivity index (χ0) is 22.3. The minimum absolute atomic E-state index is 0.151. The Balaban J connectivity index is 1.70. The lowest BCUT2D eigenvalue weighted by molar-refractivity contribution is -0.137. The molecule has 2 aliphatic rings. The maximum atomic E-state index is 14.4. The number of carbonyl (C=O) groups excluding carboxylic acids is 1. The van der Waals surface area contributed by atoms with Gasteiger partial charge in [0.15, 0.2) is 0 Å². The second kappa shape index (κ2) is 7.57. The Kier molecular flexibility index (Phi) is 5.04. The van der Waals surface area contributed by atoms with E-state index in [9.17, 15) is 26.7 Å². The number of carbonyl (C=O) groups is 1. The maximum absolute atomic E-state index is 14.4. The van der Waals surface area contributed by atoms with E-state index in [1.165, 1.54) is 29.3 Å². The predicted octanol–water partition coefficient (Wildman–Crippen LogP) is 4.94. The number of halogens is 5. The van der Waals surface area contributed by atoms with Crippen LogP contribution in [0.5, 0.6) is 0 Å². The van der Waals surface area contributed by atoms with Gasteiger partial charge in [-0.05, 0) is 42.3 Å². The average Bonchev–Trinajstić information content (AvgIpc) is 2.72. The summed E-state index contributed by atoms with van der Waals surface area (Å²) in [4.78, 5) is 12.6. The van der Waals surface area contributed by atoms with Gasteiger partial charge in [0.1, 0.15) is 17.5 Å². The van der Waals surface area contributed by atoms with Gasteiger partial charge in [0, 0.05) is 29.0 Å². The van der Waals surface area contributed by atoms with Crippen molar-refractivity contribution in [1.29, 1.82) is 0 Å². The third-order valence-corrected chi connectivity index (χ3v) is 4.94. The number of nitrogens with one attached hydrogen (secondary N) is 2. The van der Waals surface area contributed by atoms with Gasteiger partial charge in [0.25, 0.3) is 5.91 Å². The van der Waals surface area contributed by atoms with Crippen LogP contribution < -0.4 is 10.7 Å². The first-order valence-electron chi connectivity index (χ1n) is 9.34. The lowest BCUT2D eigenvalue weighted by atomic mass is 9.99.